The summed E-state index contributed by atoms with van der Waals surface area (Å²) in [5.41, 5.74) is 0.727. The van der Waals surface area contributed by atoms with Crippen LogP contribution in [0.15, 0.2) is 54.1 Å². The normalized spacial score (nSPS) is 29.8. The van der Waals surface area contributed by atoms with Crippen molar-refractivity contribution in [2.24, 2.45) is 17.8 Å². The molecular weight excluding hydrogens is 654 g/mol. The average Bonchev–Trinajstić information content (AvgIpc) is 3.36. The van der Waals surface area contributed by atoms with Gasteiger partial charge in [-0.25, -0.2) is 9.29 Å². The number of rotatable bonds is 10. The number of carbonyl (C=O) groups excluding carboxylic acids is 4. The lowest BCUT2D eigenvalue weighted by Gasteiger charge is -2.50. The molecule has 4 aliphatic rings. The van der Waals surface area contributed by atoms with Crippen LogP contribution >= 0.6 is 23.2 Å². The van der Waals surface area contributed by atoms with Gasteiger partial charge in [0, 0.05) is 24.4 Å². The van der Waals surface area contributed by atoms with Gasteiger partial charge in [0.1, 0.15) is 5.82 Å². The number of amides is 4. The number of nitrogens with zero attached hydrogens (tertiary/aromatic N) is 2. The number of para-hydroxylation sites is 1. The number of aliphatic carboxylic acids is 1. The Morgan fingerprint density at radius 1 is 1.00 bits per heavy atom. The summed E-state index contributed by atoms with van der Waals surface area (Å²) in [5, 5.41) is 20.4. The largest absolute Gasteiger partial charge is 0.504 e. The summed E-state index contributed by atoms with van der Waals surface area (Å²) in [6.45, 7) is 2.08. The lowest BCUT2D eigenvalue weighted by atomic mass is 9.56. The molecule has 0 aromatic heterocycles. The molecule has 3 fully saturated rings. The summed E-state index contributed by atoms with van der Waals surface area (Å²) in [4.78, 5) is 64.9. The summed E-state index contributed by atoms with van der Waals surface area (Å²) >= 11 is 14.7. The van der Waals surface area contributed by atoms with Crippen LogP contribution in [0.2, 0.25) is 0 Å². The third kappa shape index (κ3) is 5.01. The number of carboxylic acids is 1. The van der Waals surface area contributed by atoms with Crippen molar-refractivity contribution in [3.05, 3.63) is 65.5 Å². The minimum Gasteiger partial charge on any atom is -0.504 e. The molecule has 1 saturated carbocycles. The van der Waals surface area contributed by atoms with Crippen molar-refractivity contribution in [3.8, 4) is 11.5 Å². The number of ether oxygens (including phenoxy) is 1. The molecule has 0 radical (unpaired) electrons. The molecule has 2 N–H and O–H groups in total. The first kappa shape index (κ1) is 33.0. The number of carbonyl (C=O) groups is 5. The highest BCUT2D eigenvalue weighted by Crippen LogP contribution is 2.66. The van der Waals surface area contributed by atoms with E-state index in [1.54, 1.807) is 31.2 Å². The molecule has 10 nitrogen and oxygen atoms in total. The number of hydrogen-bond acceptors (Lipinski definition) is 7. The van der Waals surface area contributed by atoms with Crippen molar-refractivity contribution in [1.82, 2.24) is 4.90 Å². The van der Waals surface area contributed by atoms with Gasteiger partial charge in [0.15, 0.2) is 21.2 Å². The van der Waals surface area contributed by atoms with Gasteiger partial charge in [0.25, 0.3) is 11.8 Å². The van der Waals surface area contributed by atoms with Crippen molar-refractivity contribution in [2.75, 3.05) is 18.1 Å². The fourth-order valence-electron chi connectivity index (χ4n) is 7.80. The summed E-state index contributed by atoms with van der Waals surface area (Å²) in [6, 6.07) is 9.44. The average molecular weight is 688 g/mol. The van der Waals surface area contributed by atoms with Gasteiger partial charge in [0.05, 0.1) is 24.1 Å². The SMILES string of the molecule is CCOc1cccc([C@H]2C3=CC[C@@H]4C(=O)N(CCCCCC(=O)O)C(=O)[C@@H]4[C@@H]3C[C@@]3(Cl)C(=O)N(c4ccc(F)cc4)C(=O)[C@@]23Cl)c1O. The molecule has 2 aromatic carbocycles. The zero-order valence-corrected chi connectivity index (χ0v) is 27.0. The van der Waals surface area contributed by atoms with Crippen molar-refractivity contribution < 1.29 is 43.3 Å². The van der Waals surface area contributed by atoms with Crippen LogP contribution in [0.3, 0.4) is 0 Å². The molecule has 4 amide bonds. The summed E-state index contributed by atoms with van der Waals surface area (Å²) in [6.07, 6.45) is 3.02. The number of alkyl halides is 2. The number of carboxylic acid groups (broad SMARTS) is 1. The van der Waals surface area contributed by atoms with E-state index in [0.717, 1.165) is 17.0 Å². The predicted molar refractivity (Wildman–Crippen MR) is 169 cm³/mol. The molecule has 13 heteroatoms. The Labute approximate surface area is 280 Å². The highest BCUT2D eigenvalue weighted by atomic mass is 35.5. The number of hydrogen-bond donors (Lipinski definition) is 2. The maximum Gasteiger partial charge on any atom is 0.303 e. The fraction of sp³-hybridized carbons (Fsp3) is 0.441. The van der Waals surface area contributed by atoms with E-state index in [-0.39, 0.29) is 61.1 Å². The van der Waals surface area contributed by atoms with E-state index < -0.39 is 62.9 Å². The fourth-order valence-corrected chi connectivity index (χ4v) is 8.72. The quantitative estimate of drug-likeness (QED) is 0.152. The maximum absolute atomic E-state index is 14.4. The van der Waals surface area contributed by atoms with Crippen molar-refractivity contribution >= 4 is 58.5 Å². The summed E-state index contributed by atoms with van der Waals surface area (Å²) < 4.78 is 19.5. The Morgan fingerprint density at radius 3 is 2.40 bits per heavy atom. The minimum absolute atomic E-state index is 0.0130. The van der Waals surface area contributed by atoms with Crippen molar-refractivity contribution in [3.63, 3.8) is 0 Å². The number of phenols is 1. The Kier molecular flexibility index (Phi) is 8.59. The van der Waals surface area contributed by atoms with E-state index in [1.165, 1.54) is 17.0 Å². The van der Waals surface area contributed by atoms with Gasteiger partial charge in [-0.1, -0.05) is 30.2 Å². The molecule has 0 spiro atoms. The molecule has 2 aliphatic carbocycles. The predicted octanol–water partition coefficient (Wildman–Crippen LogP) is 5.14. The third-order valence-electron chi connectivity index (χ3n) is 9.90. The number of benzene rings is 2. The van der Waals surface area contributed by atoms with Crippen molar-refractivity contribution in [2.45, 2.75) is 61.1 Å². The van der Waals surface area contributed by atoms with Crippen LogP contribution in [0.1, 0.15) is 56.9 Å². The molecular formula is C34H33Cl2FN2O8. The van der Waals surface area contributed by atoms with E-state index in [2.05, 4.69) is 0 Å². The minimum atomic E-state index is -2.19. The molecule has 6 atom stereocenters. The van der Waals surface area contributed by atoms with Crippen LogP contribution in [-0.2, 0) is 24.0 Å². The van der Waals surface area contributed by atoms with E-state index in [1.807, 2.05) is 0 Å². The van der Waals surface area contributed by atoms with E-state index in [4.69, 9.17) is 33.0 Å². The number of likely N-dealkylation sites (tertiary alicyclic amines) is 1. The molecule has 6 rings (SSSR count). The maximum atomic E-state index is 14.4. The van der Waals surface area contributed by atoms with E-state index in [0.29, 0.717) is 24.8 Å². The summed E-state index contributed by atoms with van der Waals surface area (Å²) in [7, 11) is 0. The Hall–Kier alpha value is -3.96. The Balaban J connectivity index is 1.44. The highest BCUT2D eigenvalue weighted by molar-refractivity contribution is 6.58. The lowest BCUT2D eigenvalue weighted by Crippen LogP contribution is -2.60. The molecule has 0 bridgehead atoms. The first-order valence-corrected chi connectivity index (χ1v) is 16.4. The smallest absolute Gasteiger partial charge is 0.303 e. The molecule has 2 heterocycles. The van der Waals surface area contributed by atoms with Gasteiger partial charge in [-0.05, 0) is 68.9 Å². The molecule has 2 aliphatic heterocycles. The number of phenolic OH excluding ortho intramolecular Hbond substituents is 1. The van der Waals surface area contributed by atoms with Crippen LogP contribution < -0.4 is 9.64 Å². The van der Waals surface area contributed by atoms with Crippen LogP contribution in [-0.4, -0.2) is 67.6 Å². The number of anilines is 1. The zero-order valence-electron chi connectivity index (χ0n) is 25.5. The van der Waals surface area contributed by atoms with Crippen LogP contribution in [0.5, 0.6) is 11.5 Å². The second kappa shape index (κ2) is 12.2. The Bertz CT molecular complexity index is 1700. The first-order valence-electron chi connectivity index (χ1n) is 15.6. The first-order chi connectivity index (χ1) is 22.4. The number of imide groups is 2. The topological polar surface area (TPSA) is 142 Å². The Morgan fingerprint density at radius 2 is 1.72 bits per heavy atom. The zero-order chi connectivity index (χ0) is 33.8. The molecule has 0 unspecified atom stereocenters. The highest BCUT2D eigenvalue weighted by Gasteiger charge is 2.77. The van der Waals surface area contributed by atoms with Gasteiger partial charge in [-0.3, -0.25) is 28.9 Å². The van der Waals surface area contributed by atoms with Crippen molar-refractivity contribution in [1.29, 1.82) is 0 Å². The summed E-state index contributed by atoms with van der Waals surface area (Å²) in [5.74, 6) is -7.85. The number of allylic oxidation sites excluding steroid dienone is 2. The monoisotopic (exact) mass is 686 g/mol. The molecule has 47 heavy (non-hydrogen) atoms. The second-order valence-electron chi connectivity index (χ2n) is 12.4. The number of fused-ring (bicyclic) bond motifs is 4. The van der Waals surface area contributed by atoms with Gasteiger partial charge in [-0.2, -0.15) is 0 Å². The lowest BCUT2D eigenvalue weighted by molar-refractivity contribution is -0.141. The van der Waals surface area contributed by atoms with Crippen LogP contribution in [0.25, 0.3) is 0 Å². The molecule has 248 valence electrons. The molecule has 2 saturated heterocycles. The van der Waals surface area contributed by atoms with Gasteiger partial charge in [0.2, 0.25) is 11.8 Å². The van der Waals surface area contributed by atoms with E-state index in [9.17, 15) is 33.5 Å². The third-order valence-corrected chi connectivity index (χ3v) is 11.3. The van der Waals surface area contributed by atoms with Gasteiger partial charge in [-0.15, -0.1) is 23.2 Å². The standard InChI is InChI=1S/C34H33Cl2FN2O8/c1-2-47-24-8-6-7-22(28(24)42)27-20-14-15-21-26(30(44)38(29(21)43)16-5-3-4-9-25(40)41)23(20)17-33(35)31(45)39(32(46)34(27,33)36)19-12-10-18(37)11-13-19/h6-8,10-14,21,23,26-27,42H,2-5,9,15-17H2,1H3,(H,40,41)/t21-,23+,26-,27+,33+,34-/m0/s1. The number of halogens is 3. The van der Waals surface area contributed by atoms with E-state index >= 15 is 0 Å². The van der Waals surface area contributed by atoms with Gasteiger partial charge >= 0.3 is 5.97 Å². The number of unbranched alkanes of at least 4 members (excludes halogenated alkanes) is 2. The molecule has 2 aromatic rings. The second-order valence-corrected chi connectivity index (χ2v) is 13.7. The van der Waals surface area contributed by atoms with Crippen LogP contribution in [0, 0.1) is 23.6 Å². The van der Waals surface area contributed by atoms with Gasteiger partial charge < -0.3 is 14.9 Å². The number of aromatic hydroxyl groups is 1. The van der Waals surface area contributed by atoms with Crippen LogP contribution in [0.4, 0.5) is 10.1 Å².